The number of hydrogen-bond acceptors (Lipinski definition) is 3. The Morgan fingerprint density at radius 2 is 2.33 bits per heavy atom. The van der Waals surface area contributed by atoms with Crippen LogP contribution < -0.4 is 0 Å². The Balaban J connectivity index is 2.23. The number of rotatable bonds is 2. The lowest BCUT2D eigenvalue weighted by molar-refractivity contribution is 0.0595. The largest absolute Gasteiger partial charge is 0.394 e. The molecule has 0 aliphatic carbocycles. The fourth-order valence-corrected chi connectivity index (χ4v) is 2.34. The lowest BCUT2D eigenvalue weighted by atomic mass is 10.1. The molecule has 1 unspecified atom stereocenters. The van der Waals surface area contributed by atoms with Crippen molar-refractivity contribution in [2.45, 2.75) is 31.7 Å². The van der Waals surface area contributed by atoms with Gasteiger partial charge in [0.15, 0.2) is 5.82 Å². The standard InChI is InChI=1S/C13H17FN2O2/c14-12-8-15-6-5-11(12)13(18)16-7-3-1-2-4-10(16)9-17/h5-6,8,10,17H,1-4,7,9H2. The van der Waals surface area contributed by atoms with Crippen LogP contribution in [0.25, 0.3) is 0 Å². The van der Waals surface area contributed by atoms with Gasteiger partial charge in [0, 0.05) is 12.7 Å². The van der Waals surface area contributed by atoms with E-state index in [4.69, 9.17) is 0 Å². The molecule has 0 saturated carbocycles. The van der Waals surface area contributed by atoms with E-state index in [0.717, 1.165) is 31.9 Å². The fourth-order valence-electron chi connectivity index (χ4n) is 2.34. The number of amides is 1. The summed E-state index contributed by atoms with van der Waals surface area (Å²) in [4.78, 5) is 17.5. The highest BCUT2D eigenvalue weighted by Gasteiger charge is 2.27. The second-order valence-corrected chi connectivity index (χ2v) is 4.54. The third-order valence-electron chi connectivity index (χ3n) is 3.35. The molecule has 2 rings (SSSR count). The van der Waals surface area contributed by atoms with Gasteiger partial charge in [-0.1, -0.05) is 12.8 Å². The molecule has 1 fully saturated rings. The zero-order chi connectivity index (χ0) is 13.0. The van der Waals surface area contributed by atoms with Crippen LogP contribution in [0, 0.1) is 5.82 Å². The zero-order valence-corrected chi connectivity index (χ0v) is 10.2. The normalized spacial score (nSPS) is 20.6. The molecule has 4 nitrogen and oxygen atoms in total. The Kier molecular flexibility index (Phi) is 4.25. The number of aliphatic hydroxyl groups excluding tert-OH is 1. The number of pyridine rings is 1. The van der Waals surface area contributed by atoms with E-state index in [2.05, 4.69) is 4.98 Å². The van der Waals surface area contributed by atoms with Crippen LogP contribution in [-0.4, -0.2) is 40.1 Å². The van der Waals surface area contributed by atoms with Crippen LogP contribution in [-0.2, 0) is 0 Å². The van der Waals surface area contributed by atoms with Gasteiger partial charge in [-0.15, -0.1) is 0 Å². The zero-order valence-electron chi connectivity index (χ0n) is 10.2. The third-order valence-corrected chi connectivity index (χ3v) is 3.35. The van der Waals surface area contributed by atoms with E-state index < -0.39 is 5.82 Å². The van der Waals surface area contributed by atoms with Gasteiger partial charge in [0.25, 0.3) is 5.91 Å². The van der Waals surface area contributed by atoms with Crippen LogP contribution in [0.4, 0.5) is 4.39 Å². The number of nitrogens with zero attached hydrogens (tertiary/aromatic N) is 2. The summed E-state index contributed by atoms with van der Waals surface area (Å²) in [6.07, 6.45) is 6.15. The van der Waals surface area contributed by atoms with Crippen molar-refractivity contribution in [3.05, 3.63) is 29.8 Å². The van der Waals surface area contributed by atoms with Crippen LogP contribution in [0.2, 0.25) is 0 Å². The van der Waals surface area contributed by atoms with Gasteiger partial charge in [-0.25, -0.2) is 4.39 Å². The quantitative estimate of drug-likeness (QED) is 0.869. The van der Waals surface area contributed by atoms with Gasteiger partial charge in [-0.3, -0.25) is 9.78 Å². The fraction of sp³-hybridized carbons (Fsp3) is 0.538. The van der Waals surface area contributed by atoms with Gasteiger partial charge in [0.2, 0.25) is 0 Å². The predicted molar refractivity (Wildman–Crippen MR) is 64.6 cm³/mol. The summed E-state index contributed by atoms with van der Waals surface area (Å²) in [5, 5.41) is 9.35. The molecule has 1 atom stereocenters. The van der Waals surface area contributed by atoms with Gasteiger partial charge in [-0.05, 0) is 18.9 Å². The molecular formula is C13H17FN2O2. The van der Waals surface area contributed by atoms with Crippen molar-refractivity contribution in [1.82, 2.24) is 9.88 Å². The van der Waals surface area contributed by atoms with Gasteiger partial charge >= 0.3 is 0 Å². The summed E-state index contributed by atoms with van der Waals surface area (Å²) in [6.45, 7) is 0.504. The third kappa shape index (κ3) is 2.67. The average Bonchev–Trinajstić information content (AvgIpc) is 2.63. The second-order valence-electron chi connectivity index (χ2n) is 4.54. The van der Waals surface area contributed by atoms with E-state index in [9.17, 15) is 14.3 Å². The highest BCUT2D eigenvalue weighted by molar-refractivity contribution is 5.94. The molecular weight excluding hydrogens is 235 g/mol. The van der Waals surface area contributed by atoms with Crippen LogP contribution in [0.15, 0.2) is 18.5 Å². The number of carbonyl (C=O) groups excluding carboxylic acids is 1. The van der Waals surface area contributed by atoms with Crippen LogP contribution in [0.5, 0.6) is 0 Å². The molecule has 1 saturated heterocycles. The predicted octanol–water partition coefficient (Wildman–Crippen LogP) is 1.60. The topological polar surface area (TPSA) is 53.4 Å². The van der Waals surface area contributed by atoms with Crippen molar-refractivity contribution in [3.8, 4) is 0 Å². The summed E-state index contributed by atoms with van der Waals surface area (Å²) in [5.41, 5.74) is 0.0327. The van der Waals surface area contributed by atoms with Crippen molar-refractivity contribution >= 4 is 5.91 Å². The minimum absolute atomic E-state index is 0.0327. The smallest absolute Gasteiger partial charge is 0.257 e. The molecule has 98 valence electrons. The molecule has 0 radical (unpaired) electrons. The van der Waals surface area contributed by atoms with Gasteiger partial charge < -0.3 is 10.0 Å². The summed E-state index contributed by atoms with van der Waals surface area (Å²) >= 11 is 0. The number of halogens is 1. The molecule has 1 aliphatic heterocycles. The number of aromatic nitrogens is 1. The average molecular weight is 252 g/mol. The monoisotopic (exact) mass is 252 g/mol. The van der Waals surface area contributed by atoms with Crippen LogP contribution >= 0.6 is 0 Å². The summed E-state index contributed by atoms with van der Waals surface area (Å²) in [5.74, 6) is -0.959. The van der Waals surface area contributed by atoms with E-state index in [1.807, 2.05) is 0 Å². The molecule has 0 spiro atoms. The maximum absolute atomic E-state index is 13.6. The van der Waals surface area contributed by atoms with E-state index in [1.165, 1.54) is 12.3 Å². The molecule has 1 amide bonds. The van der Waals surface area contributed by atoms with Crippen molar-refractivity contribution < 1.29 is 14.3 Å². The molecule has 1 N–H and O–H groups in total. The van der Waals surface area contributed by atoms with E-state index in [0.29, 0.717) is 6.54 Å². The molecule has 5 heteroatoms. The van der Waals surface area contributed by atoms with E-state index in [-0.39, 0.29) is 24.1 Å². The lowest BCUT2D eigenvalue weighted by Crippen LogP contribution is -2.42. The molecule has 1 aromatic rings. The molecule has 2 heterocycles. The van der Waals surface area contributed by atoms with Gasteiger partial charge in [0.1, 0.15) is 0 Å². The van der Waals surface area contributed by atoms with Crippen molar-refractivity contribution in [2.75, 3.05) is 13.2 Å². The highest BCUT2D eigenvalue weighted by Crippen LogP contribution is 2.19. The number of likely N-dealkylation sites (tertiary alicyclic amines) is 1. The Morgan fingerprint density at radius 1 is 1.50 bits per heavy atom. The SMILES string of the molecule is O=C(c1ccncc1F)N1CCCCCC1CO. The first-order chi connectivity index (χ1) is 8.74. The number of aliphatic hydroxyl groups is 1. The Morgan fingerprint density at radius 3 is 3.06 bits per heavy atom. The number of carbonyl (C=O) groups is 1. The summed E-state index contributed by atoms with van der Waals surface area (Å²) in [7, 11) is 0. The Labute approximate surface area is 105 Å². The minimum Gasteiger partial charge on any atom is -0.394 e. The van der Waals surface area contributed by atoms with Crippen LogP contribution in [0.1, 0.15) is 36.0 Å². The summed E-state index contributed by atoms with van der Waals surface area (Å²) < 4.78 is 13.6. The minimum atomic E-state index is -0.608. The van der Waals surface area contributed by atoms with Gasteiger partial charge in [0.05, 0.1) is 24.4 Å². The first-order valence-electron chi connectivity index (χ1n) is 6.25. The molecule has 0 bridgehead atoms. The molecule has 0 aromatic carbocycles. The Bertz CT molecular complexity index is 425. The van der Waals surface area contributed by atoms with Crippen molar-refractivity contribution in [1.29, 1.82) is 0 Å². The maximum Gasteiger partial charge on any atom is 0.257 e. The highest BCUT2D eigenvalue weighted by atomic mass is 19.1. The first kappa shape index (κ1) is 13.0. The van der Waals surface area contributed by atoms with Gasteiger partial charge in [-0.2, -0.15) is 0 Å². The molecule has 1 aliphatic rings. The molecule has 18 heavy (non-hydrogen) atoms. The van der Waals surface area contributed by atoms with Crippen LogP contribution in [0.3, 0.4) is 0 Å². The van der Waals surface area contributed by atoms with E-state index >= 15 is 0 Å². The first-order valence-corrected chi connectivity index (χ1v) is 6.25. The summed E-state index contributed by atoms with van der Waals surface area (Å²) in [6, 6.07) is 1.18. The van der Waals surface area contributed by atoms with Crippen molar-refractivity contribution in [2.24, 2.45) is 0 Å². The lowest BCUT2D eigenvalue weighted by Gasteiger charge is -2.28. The second kappa shape index (κ2) is 5.91. The number of hydrogen-bond donors (Lipinski definition) is 1. The molecule has 1 aromatic heterocycles. The Hall–Kier alpha value is -1.49. The maximum atomic E-state index is 13.6. The van der Waals surface area contributed by atoms with E-state index in [1.54, 1.807) is 4.90 Å². The van der Waals surface area contributed by atoms with Crippen molar-refractivity contribution in [3.63, 3.8) is 0 Å².